The van der Waals surface area contributed by atoms with Crippen LogP contribution >= 0.6 is 0 Å². The average molecular weight is 167 g/mol. The van der Waals surface area contributed by atoms with Gasteiger partial charge in [-0.1, -0.05) is 5.16 Å². The van der Waals surface area contributed by atoms with Crippen molar-refractivity contribution in [2.45, 2.75) is 0 Å². The molecule has 0 fully saturated rings. The topological polar surface area (TPSA) is 80.4 Å². The van der Waals surface area contributed by atoms with Gasteiger partial charge in [-0.3, -0.25) is 0 Å². The Morgan fingerprint density at radius 2 is 2.33 bits per heavy atom. The normalized spacial score (nSPS) is 10.3. The lowest BCUT2D eigenvalue weighted by atomic mass is 10.3. The summed E-state index contributed by atoms with van der Waals surface area (Å²) in [4.78, 5) is 20.4. The molecule has 0 atom stereocenters. The molecule has 0 aliphatic rings. The Hall–Kier alpha value is -1.91. The molecule has 0 bridgehead atoms. The molecule has 0 saturated carbocycles. The van der Waals surface area contributed by atoms with Gasteiger partial charge in [0.15, 0.2) is 0 Å². The molecule has 1 aromatic rings. The zero-order chi connectivity index (χ0) is 8.97. The summed E-state index contributed by atoms with van der Waals surface area (Å²) in [5, 5.41) is 11.5. The maximum absolute atomic E-state index is 10.4. The van der Waals surface area contributed by atoms with Gasteiger partial charge in [0.1, 0.15) is 5.69 Å². The van der Waals surface area contributed by atoms with Crippen molar-refractivity contribution in [3.05, 3.63) is 34.3 Å². The fourth-order valence-corrected chi connectivity index (χ4v) is 0.555. The Morgan fingerprint density at radius 1 is 1.58 bits per heavy atom. The lowest BCUT2D eigenvalue weighted by Gasteiger charge is -1.85. The third kappa shape index (κ3) is 2.37. The Kier molecular flexibility index (Phi) is 2.37. The van der Waals surface area contributed by atoms with Crippen LogP contribution in [-0.2, 0) is 4.79 Å². The van der Waals surface area contributed by atoms with Gasteiger partial charge in [-0.2, -0.15) is 0 Å². The molecule has 1 rings (SSSR count). The summed E-state index contributed by atoms with van der Waals surface area (Å²) in [7, 11) is 0. The van der Waals surface area contributed by atoms with Crippen molar-refractivity contribution in [3.8, 4) is 0 Å². The molecular formula is C7H5NO4. The molecule has 5 nitrogen and oxygen atoms in total. The maximum atomic E-state index is 10.4. The third-order valence-corrected chi connectivity index (χ3v) is 1.03. The van der Waals surface area contributed by atoms with E-state index in [1.807, 2.05) is 0 Å². The van der Waals surface area contributed by atoms with Gasteiger partial charge >= 0.3 is 11.6 Å². The van der Waals surface area contributed by atoms with E-state index in [1.54, 1.807) is 0 Å². The average Bonchev–Trinajstić information content (AvgIpc) is 2.03. The van der Waals surface area contributed by atoms with Gasteiger partial charge < -0.3 is 9.63 Å². The van der Waals surface area contributed by atoms with Crippen LogP contribution in [0.15, 0.2) is 27.5 Å². The predicted molar refractivity (Wildman–Crippen MR) is 39.4 cm³/mol. The molecule has 0 aliphatic heterocycles. The number of aliphatic carboxylic acids is 1. The van der Waals surface area contributed by atoms with E-state index in [-0.39, 0.29) is 5.69 Å². The minimum atomic E-state index is -1.08. The number of hydrogen-bond donors (Lipinski definition) is 1. The van der Waals surface area contributed by atoms with E-state index in [2.05, 4.69) is 9.68 Å². The number of carbonyl (C=O) groups is 1. The van der Waals surface area contributed by atoms with Crippen LogP contribution in [0.2, 0.25) is 0 Å². The summed E-state index contributed by atoms with van der Waals surface area (Å²) in [6.07, 6.45) is 2.13. The molecule has 12 heavy (non-hydrogen) atoms. The first-order chi connectivity index (χ1) is 5.68. The van der Waals surface area contributed by atoms with Crippen molar-refractivity contribution in [1.29, 1.82) is 0 Å². The van der Waals surface area contributed by atoms with Crippen molar-refractivity contribution < 1.29 is 14.4 Å². The Bertz CT molecular complexity index is 345. The van der Waals surface area contributed by atoms with E-state index < -0.39 is 11.6 Å². The van der Waals surface area contributed by atoms with Gasteiger partial charge in [0.05, 0.1) is 0 Å². The second-order valence-corrected chi connectivity index (χ2v) is 1.93. The molecule has 0 spiro atoms. The lowest BCUT2D eigenvalue weighted by molar-refractivity contribution is -0.131. The van der Waals surface area contributed by atoms with E-state index in [1.165, 1.54) is 12.1 Å². The number of rotatable bonds is 2. The molecule has 1 heterocycles. The third-order valence-electron chi connectivity index (χ3n) is 1.03. The van der Waals surface area contributed by atoms with Crippen LogP contribution in [0, 0.1) is 0 Å². The number of carboxylic acids is 1. The van der Waals surface area contributed by atoms with Gasteiger partial charge in [-0.05, 0) is 12.1 Å². The molecule has 0 aliphatic carbocycles. The summed E-state index contributed by atoms with van der Waals surface area (Å²) >= 11 is 0. The van der Waals surface area contributed by atoms with Crippen LogP contribution < -0.4 is 5.63 Å². The maximum Gasteiger partial charge on any atom is 0.358 e. The van der Waals surface area contributed by atoms with Crippen molar-refractivity contribution in [2.75, 3.05) is 0 Å². The van der Waals surface area contributed by atoms with E-state index in [4.69, 9.17) is 5.11 Å². The highest BCUT2D eigenvalue weighted by Crippen LogP contribution is 1.92. The molecule has 1 N–H and O–H groups in total. The van der Waals surface area contributed by atoms with Crippen molar-refractivity contribution in [2.24, 2.45) is 0 Å². The quantitative estimate of drug-likeness (QED) is 0.633. The highest BCUT2D eigenvalue weighted by molar-refractivity contribution is 5.84. The summed E-state index contributed by atoms with van der Waals surface area (Å²) in [6.45, 7) is 0. The van der Waals surface area contributed by atoms with Gasteiger partial charge in [0, 0.05) is 12.1 Å². The van der Waals surface area contributed by atoms with Crippen LogP contribution in [0.4, 0.5) is 0 Å². The smallest absolute Gasteiger partial charge is 0.358 e. The Labute approximate surface area is 66.9 Å². The summed E-state index contributed by atoms with van der Waals surface area (Å²) in [6, 6.07) is 2.53. The highest BCUT2D eigenvalue weighted by atomic mass is 16.5. The molecule has 0 saturated heterocycles. The van der Waals surface area contributed by atoms with Crippen LogP contribution in [0.1, 0.15) is 5.69 Å². The first-order valence-electron chi connectivity index (χ1n) is 3.06. The number of hydrogen-bond acceptors (Lipinski definition) is 4. The summed E-state index contributed by atoms with van der Waals surface area (Å²) < 4.78 is 4.24. The molecule has 0 amide bonds. The fourth-order valence-electron chi connectivity index (χ4n) is 0.555. The first-order valence-corrected chi connectivity index (χ1v) is 3.06. The van der Waals surface area contributed by atoms with Gasteiger partial charge in [0.25, 0.3) is 0 Å². The van der Waals surface area contributed by atoms with Crippen LogP contribution in [0.3, 0.4) is 0 Å². The number of aromatic nitrogens is 1. The van der Waals surface area contributed by atoms with E-state index in [0.29, 0.717) is 0 Å². The molecule has 0 aromatic carbocycles. The van der Waals surface area contributed by atoms with Crippen molar-refractivity contribution >= 4 is 12.0 Å². The van der Waals surface area contributed by atoms with E-state index in [9.17, 15) is 9.59 Å². The summed E-state index contributed by atoms with van der Waals surface area (Å²) in [5.41, 5.74) is -0.278. The largest absolute Gasteiger partial charge is 0.478 e. The van der Waals surface area contributed by atoms with Gasteiger partial charge in [0.2, 0.25) is 0 Å². The number of carboxylic acid groups (broad SMARTS) is 1. The minimum Gasteiger partial charge on any atom is -0.478 e. The monoisotopic (exact) mass is 167 g/mol. The zero-order valence-corrected chi connectivity index (χ0v) is 5.93. The predicted octanol–water partition coefficient (Wildman–Crippen LogP) is 0.133. The zero-order valence-electron chi connectivity index (χ0n) is 5.93. The molecule has 0 unspecified atom stereocenters. The van der Waals surface area contributed by atoms with Gasteiger partial charge in [-0.25, -0.2) is 9.59 Å². The molecule has 0 radical (unpaired) electrons. The van der Waals surface area contributed by atoms with E-state index >= 15 is 0 Å². The fraction of sp³-hybridized carbons (Fsp3) is 0. The Morgan fingerprint density at radius 3 is 2.83 bits per heavy atom. The first kappa shape index (κ1) is 8.19. The molecule has 1 aromatic heterocycles. The SMILES string of the molecule is O=C(O)/C=C/c1ccc(=O)on1. The molecule has 62 valence electrons. The van der Waals surface area contributed by atoms with Gasteiger partial charge in [-0.15, -0.1) is 0 Å². The minimum absolute atomic E-state index is 0.289. The lowest BCUT2D eigenvalue weighted by Crippen LogP contribution is -1.97. The molecular weight excluding hydrogens is 162 g/mol. The van der Waals surface area contributed by atoms with Crippen LogP contribution in [0.25, 0.3) is 6.08 Å². The second kappa shape index (κ2) is 3.47. The standard InChI is InChI=1S/C7H5NO4/c9-6(10)3-1-5-2-4-7(11)12-8-5/h1-4H,(H,9,10)/b3-1+. The Balaban J connectivity index is 2.84. The van der Waals surface area contributed by atoms with Crippen LogP contribution in [-0.4, -0.2) is 16.2 Å². The van der Waals surface area contributed by atoms with Crippen LogP contribution in [0.5, 0.6) is 0 Å². The van der Waals surface area contributed by atoms with E-state index in [0.717, 1.165) is 12.1 Å². The summed E-state index contributed by atoms with van der Waals surface area (Å²) in [5.74, 6) is -1.08. The second-order valence-electron chi connectivity index (χ2n) is 1.93. The van der Waals surface area contributed by atoms with Crippen molar-refractivity contribution in [3.63, 3.8) is 0 Å². The van der Waals surface area contributed by atoms with Crippen molar-refractivity contribution in [1.82, 2.24) is 5.16 Å². The molecule has 5 heteroatoms. The number of nitrogens with zero attached hydrogens (tertiary/aromatic N) is 1. The highest BCUT2D eigenvalue weighted by Gasteiger charge is 1.91.